The van der Waals surface area contributed by atoms with Crippen molar-refractivity contribution in [3.8, 4) is 0 Å². The van der Waals surface area contributed by atoms with Crippen LogP contribution in [0.1, 0.15) is 16.8 Å². The number of hydrogen-bond donors (Lipinski definition) is 3. The Morgan fingerprint density at radius 3 is 2.86 bits per heavy atom. The normalized spacial score (nSPS) is 21.7. The van der Waals surface area contributed by atoms with E-state index < -0.39 is 5.60 Å². The van der Waals surface area contributed by atoms with E-state index >= 15 is 0 Å². The second-order valence-corrected chi connectivity index (χ2v) is 6.46. The summed E-state index contributed by atoms with van der Waals surface area (Å²) in [4.78, 5) is 3.39. The minimum absolute atomic E-state index is 0.822. The highest BCUT2D eigenvalue weighted by molar-refractivity contribution is 9.10. The zero-order chi connectivity index (χ0) is 14.2. The maximum absolute atomic E-state index is 11.5. The minimum Gasteiger partial charge on any atom is -0.374 e. The number of benzene rings is 2. The van der Waals surface area contributed by atoms with Gasteiger partial charge in [0.15, 0.2) is 5.60 Å². The highest BCUT2D eigenvalue weighted by Crippen LogP contribution is 2.54. The maximum atomic E-state index is 11.5. The molecule has 1 aromatic heterocycles. The van der Waals surface area contributed by atoms with Gasteiger partial charge in [0.1, 0.15) is 0 Å². The zero-order valence-electron chi connectivity index (χ0n) is 10.9. The van der Waals surface area contributed by atoms with Crippen LogP contribution in [-0.4, -0.2) is 10.1 Å². The SMILES string of the molecule is OC12C(=Cc3[nH]c4ccccc4c31)Nc1ccc(Br)cc12. The Morgan fingerprint density at radius 1 is 1.10 bits per heavy atom. The molecule has 1 aliphatic heterocycles. The molecule has 1 atom stereocenters. The molecule has 0 saturated carbocycles. The van der Waals surface area contributed by atoms with E-state index in [2.05, 4.69) is 32.3 Å². The van der Waals surface area contributed by atoms with E-state index in [9.17, 15) is 5.11 Å². The third-order valence-corrected chi connectivity index (χ3v) is 4.91. The molecule has 5 rings (SSSR count). The Labute approximate surface area is 129 Å². The van der Waals surface area contributed by atoms with Crippen molar-refractivity contribution in [3.05, 3.63) is 69.5 Å². The highest BCUT2D eigenvalue weighted by Gasteiger charge is 2.49. The van der Waals surface area contributed by atoms with Crippen LogP contribution in [0.2, 0.25) is 0 Å². The Kier molecular flexibility index (Phi) is 1.98. The van der Waals surface area contributed by atoms with Gasteiger partial charge in [0, 0.05) is 37.9 Å². The molecule has 21 heavy (non-hydrogen) atoms. The lowest BCUT2D eigenvalue weighted by Gasteiger charge is -2.21. The minimum atomic E-state index is -1.09. The van der Waals surface area contributed by atoms with E-state index in [1.54, 1.807) is 0 Å². The number of aliphatic hydroxyl groups is 1. The monoisotopic (exact) mass is 338 g/mol. The Morgan fingerprint density at radius 2 is 1.95 bits per heavy atom. The van der Waals surface area contributed by atoms with Gasteiger partial charge in [-0.15, -0.1) is 0 Å². The van der Waals surface area contributed by atoms with Crippen molar-refractivity contribution in [2.75, 3.05) is 5.32 Å². The predicted molar refractivity (Wildman–Crippen MR) is 87.0 cm³/mol. The summed E-state index contributed by atoms with van der Waals surface area (Å²) in [5.74, 6) is 0. The fourth-order valence-corrected chi connectivity index (χ4v) is 3.88. The lowest BCUT2D eigenvalue weighted by atomic mass is 9.88. The molecule has 0 amide bonds. The van der Waals surface area contributed by atoms with Gasteiger partial charge in [0.25, 0.3) is 0 Å². The molecule has 1 unspecified atom stereocenters. The number of H-pyrrole nitrogens is 1. The van der Waals surface area contributed by atoms with Crippen LogP contribution in [0.4, 0.5) is 5.69 Å². The second-order valence-electron chi connectivity index (χ2n) is 5.54. The van der Waals surface area contributed by atoms with Gasteiger partial charge in [-0.1, -0.05) is 34.1 Å². The topological polar surface area (TPSA) is 48.0 Å². The van der Waals surface area contributed by atoms with Gasteiger partial charge in [-0.2, -0.15) is 0 Å². The number of nitrogens with one attached hydrogen (secondary N) is 2. The first kappa shape index (κ1) is 11.6. The van der Waals surface area contributed by atoms with E-state index in [1.165, 1.54) is 0 Å². The van der Waals surface area contributed by atoms with Crippen molar-refractivity contribution in [1.29, 1.82) is 0 Å². The molecule has 0 fully saturated rings. The van der Waals surface area contributed by atoms with Crippen LogP contribution in [0, 0.1) is 0 Å². The summed E-state index contributed by atoms with van der Waals surface area (Å²) in [6.07, 6.45) is 2.00. The third-order valence-electron chi connectivity index (χ3n) is 4.42. The fourth-order valence-electron chi connectivity index (χ4n) is 3.52. The lowest BCUT2D eigenvalue weighted by Crippen LogP contribution is -2.24. The third kappa shape index (κ3) is 1.27. The molecule has 3 aromatic rings. The van der Waals surface area contributed by atoms with E-state index in [-0.39, 0.29) is 0 Å². The van der Waals surface area contributed by atoms with Crippen molar-refractivity contribution in [2.45, 2.75) is 5.60 Å². The summed E-state index contributed by atoms with van der Waals surface area (Å²) in [6.45, 7) is 0. The number of halogens is 1. The molecular weight excluding hydrogens is 328 g/mol. The molecule has 3 nitrogen and oxygen atoms in total. The predicted octanol–water partition coefficient (Wildman–Crippen LogP) is 3.95. The number of rotatable bonds is 0. The van der Waals surface area contributed by atoms with E-state index in [0.717, 1.165) is 43.6 Å². The number of fused-ring (bicyclic) bond motifs is 7. The van der Waals surface area contributed by atoms with Gasteiger partial charge < -0.3 is 15.4 Å². The van der Waals surface area contributed by atoms with Gasteiger partial charge in [-0.05, 0) is 30.3 Å². The lowest BCUT2D eigenvalue weighted by molar-refractivity contribution is 0.134. The first-order chi connectivity index (χ1) is 10.2. The quantitative estimate of drug-likeness (QED) is 0.581. The van der Waals surface area contributed by atoms with E-state index in [0.29, 0.717) is 0 Å². The van der Waals surface area contributed by atoms with E-state index in [1.807, 2.05) is 42.5 Å². The molecule has 1 aliphatic carbocycles. The largest absolute Gasteiger partial charge is 0.374 e. The average molecular weight is 339 g/mol. The van der Waals surface area contributed by atoms with Crippen LogP contribution in [0.15, 0.2) is 52.6 Å². The Hall–Kier alpha value is -2.04. The fraction of sp³-hybridized carbons (Fsp3) is 0.0588. The van der Waals surface area contributed by atoms with Crippen LogP contribution in [0.5, 0.6) is 0 Å². The molecule has 2 aromatic carbocycles. The summed E-state index contributed by atoms with van der Waals surface area (Å²) in [6, 6.07) is 14.0. The van der Waals surface area contributed by atoms with Crippen molar-refractivity contribution < 1.29 is 5.11 Å². The van der Waals surface area contributed by atoms with Crippen LogP contribution < -0.4 is 5.32 Å². The van der Waals surface area contributed by atoms with Crippen molar-refractivity contribution in [3.63, 3.8) is 0 Å². The summed E-state index contributed by atoms with van der Waals surface area (Å²) >= 11 is 3.50. The Balaban J connectivity index is 1.90. The molecule has 4 heteroatoms. The molecule has 2 aliphatic rings. The molecule has 2 heterocycles. The Bertz CT molecular complexity index is 957. The van der Waals surface area contributed by atoms with Gasteiger partial charge in [-0.3, -0.25) is 0 Å². The molecule has 0 radical (unpaired) electrons. The van der Waals surface area contributed by atoms with Gasteiger partial charge in [0.2, 0.25) is 0 Å². The molecular formula is C17H11BrN2O. The number of aromatic amines is 1. The zero-order valence-corrected chi connectivity index (χ0v) is 12.5. The van der Waals surface area contributed by atoms with Gasteiger partial charge in [0.05, 0.1) is 5.70 Å². The van der Waals surface area contributed by atoms with Gasteiger partial charge in [-0.25, -0.2) is 0 Å². The van der Waals surface area contributed by atoms with E-state index in [4.69, 9.17) is 0 Å². The molecule has 102 valence electrons. The maximum Gasteiger partial charge on any atom is 0.159 e. The van der Waals surface area contributed by atoms with Crippen LogP contribution >= 0.6 is 15.9 Å². The molecule has 0 bridgehead atoms. The standard InChI is InChI=1S/C17H11BrN2O/c18-9-5-6-13-11(7-9)17(21)15(20-13)8-14-16(17)10-3-1-2-4-12(10)19-14/h1-8,19-21H. The summed E-state index contributed by atoms with van der Waals surface area (Å²) in [7, 11) is 0. The number of para-hydroxylation sites is 1. The first-order valence-corrected chi connectivity index (χ1v) is 7.60. The van der Waals surface area contributed by atoms with Crippen molar-refractivity contribution in [2.24, 2.45) is 0 Å². The number of aromatic nitrogens is 1. The summed E-state index contributed by atoms with van der Waals surface area (Å²) < 4.78 is 0.964. The summed E-state index contributed by atoms with van der Waals surface area (Å²) in [5.41, 5.74) is 4.56. The number of hydrogen-bond acceptors (Lipinski definition) is 2. The molecule has 0 saturated heterocycles. The van der Waals surface area contributed by atoms with Crippen LogP contribution in [0.3, 0.4) is 0 Å². The summed E-state index contributed by atoms with van der Waals surface area (Å²) in [5, 5.41) is 15.9. The van der Waals surface area contributed by atoms with Crippen LogP contribution in [-0.2, 0) is 5.60 Å². The first-order valence-electron chi connectivity index (χ1n) is 6.81. The van der Waals surface area contributed by atoms with Crippen molar-refractivity contribution >= 4 is 38.6 Å². The second kappa shape index (κ2) is 3.59. The van der Waals surface area contributed by atoms with Gasteiger partial charge >= 0.3 is 0 Å². The molecule has 0 spiro atoms. The van der Waals surface area contributed by atoms with Crippen molar-refractivity contribution in [1.82, 2.24) is 4.98 Å². The van der Waals surface area contributed by atoms with Crippen LogP contribution in [0.25, 0.3) is 17.0 Å². The average Bonchev–Trinajstić information content (AvgIpc) is 3.05. The smallest absolute Gasteiger partial charge is 0.159 e. The highest BCUT2D eigenvalue weighted by atomic mass is 79.9. The molecule has 3 N–H and O–H groups in total. The number of anilines is 1.